The lowest BCUT2D eigenvalue weighted by atomic mass is 9.87. The van der Waals surface area contributed by atoms with Crippen LogP contribution < -0.4 is 5.73 Å². The minimum atomic E-state index is -0.231. The van der Waals surface area contributed by atoms with Crippen molar-refractivity contribution in [3.63, 3.8) is 0 Å². The van der Waals surface area contributed by atoms with E-state index < -0.39 is 0 Å². The third-order valence-corrected chi connectivity index (χ3v) is 2.85. The number of nitrogens with two attached hydrogens (primary N) is 1. The van der Waals surface area contributed by atoms with E-state index in [1.54, 1.807) is 0 Å². The van der Waals surface area contributed by atoms with E-state index >= 15 is 0 Å². The smallest absolute Gasteiger partial charge is 0.0883 e. The summed E-state index contributed by atoms with van der Waals surface area (Å²) in [6.07, 6.45) is 0. The third-order valence-electron chi connectivity index (χ3n) is 2.85. The van der Waals surface area contributed by atoms with Crippen molar-refractivity contribution in [2.75, 3.05) is 13.2 Å². The molecule has 0 amide bonds. The molecule has 14 heavy (non-hydrogen) atoms. The second-order valence-corrected chi connectivity index (χ2v) is 4.43. The molecular weight excluding hydrogens is 174 g/mol. The highest BCUT2D eigenvalue weighted by Gasteiger charge is 2.35. The predicted octanol–water partition coefficient (Wildman–Crippen LogP) is 1.99. The van der Waals surface area contributed by atoms with E-state index in [0.717, 1.165) is 0 Å². The maximum Gasteiger partial charge on any atom is 0.0883 e. The van der Waals surface area contributed by atoms with Gasteiger partial charge in [0.05, 0.1) is 18.8 Å². The van der Waals surface area contributed by atoms with Gasteiger partial charge in [-0.1, -0.05) is 38.1 Å². The Hall–Kier alpha value is -0.860. The van der Waals surface area contributed by atoms with Gasteiger partial charge >= 0.3 is 0 Å². The first-order chi connectivity index (χ1) is 6.62. The van der Waals surface area contributed by atoms with Gasteiger partial charge in [-0.15, -0.1) is 0 Å². The third kappa shape index (κ3) is 1.56. The van der Waals surface area contributed by atoms with Crippen LogP contribution in [-0.4, -0.2) is 13.2 Å². The van der Waals surface area contributed by atoms with Crippen molar-refractivity contribution in [1.29, 1.82) is 0 Å². The maximum absolute atomic E-state index is 6.17. The normalized spacial score (nSPS) is 19.4. The Bertz CT molecular complexity index is 329. The first-order valence-electron chi connectivity index (χ1n) is 5.09. The number of ether oxygens (including phenoxy) is 1. The summed E-state index contributed by atoms with van der Waals surface area (Å²) in [7, 11) is 0. The van der Waals surface area contributed by atoms with Gasteiger partial charge in [-0.3, -0.25) is 0 Å². The van der Waals surface area contributed by atoms with Crippen LogP contribution in [0.15, 0.2) is 24.3 Å². The van der Waals surface area contributed by atoms with E-state index in [2.05, 4.69) is 38.1 Å². The van der Waals surface area contributed by atoms with Gasteiger partial charge in [-0.05, 0) is 17.0 Å². The van der Waals surface area contributed by atoms with Gasteiger partial charge in [0.15, 0.2) is 0 Å². The molecule has 0 aliphatic carbocycles. The van der Waals surface area contributed by atoms with E-state index in [-0.39, 0.29) is 5.54 Å². The molecule has 2 rings (SSSR count). The summed E-state index contributed by atoms with van der Waals surface area (Å²) >= 11 is 0. The van der Waals surface area contributed by atoms with E-state index in [1.165, 1.54) is 11.1 Å². The minimum absolute atomic E-state index is 0.231. The molecule has 2 heteroatoms. The van der Waals surface area contributed by atoms with E-state index in [9.17, 15) is 0 Å². The number of hydrogen-bond donors (Lipinski definition) is 1. The Morgan fingerprint density at radius 1 is 1.36 bits per heavy atom. The molecule has 1 heterocycles. The molecule has 1 saturated heterocycles. The Morgan fingerprint density at radius 2 is 2.07 bits per heavy atom. The molecule has 2 nitrogen and oxygen atoms in total. The van der Waals surface area contributed by atoms with Crippen molar-refractivity contribution >= 4 is 0 Å². The molecule has 76 valence electrons. The Morgan fingerprint density at radius 3 is 2.57 bits per heavy atom. The zero-order chi connectivity index (χ0) is 10.2. The van der Waals surface area contributed by atoms with Crippen molar-refractivity contribution < 1.29 is 4.74 Å². The van der Waals surface area contributed by atoms with Crippen molar-refractivity contribution in [2.24, 2.45) is 5.73 Å². The highest BCUT2D eigenvalue weighted by molar-refractivity contribution is 5.32. The summed E-state index contributed by atoms with van der Waals surface area (Å²) in [5, 5.41) is 0. The second-order valence-electron chi connectivity index (χ2n) is 4.43. The Labute approximate surface area is 85.1 Å². The molecule has 1 aliphatic heterocycles. The summed E-state index contributed by atoms with van der Waals surface area (Å²) in [6, 6.07) is 8.52. The van der Waals surface area contributed by atoms with Gasteiger partial charge < -0.3 is 10.5 Å². The van der Waals surface area contributed by atoms with Gasteiger partial charge in [0.2, 0.25) is 0 Å². The monoisotopic (exact) mass is 191 g/mol. The average Bonchev–Trinajstić information content (AvgIpc) is 2.14. The molecule has 0 atom stereocenters. The SMILES string of the molecule is CC(C)c1cccc(C2(N)COC2)c1. The second kappa shape index (κ2) is 3.37. The summed E-state index contributed by atoms with van der Waals surface area (Å²) in [4.78, 5) is 0. The van der Waals surface area contributed by atoms with Crippen molar-refractivity contribution in [3.05, 3.63) is 35.4 Å². The maximum atomic E-state index is 6.17. The molecule has 0 aromatic heterocycles. The Kier molecular flexibility index (Phi) is 2.33. The van der Waals surface area contributed by atoms with Crippen LogP contribution in [0.25, 0.3) is 0 Å². The number of rotatable bonds is 2. The molecule has 0 unspecified atom stereocenters. The number of hydrogen-bond acceptors (Lipinski definition) is 2. The molecule has 1 fully saturated rings. The van der Waals surface area contributed by atoms with Crippen LogP contribution in [0.5, 0.6) is 0 Å². The highest BCUT2D eigenvalue weighted by Crippen LogP contribution is 2.28. The fourth-order valence-corrected chi connectivity index (χ4v) is 1.70. The average molecular weight is 191 g/mol. The summed E-state index contributed by atoms with van der Waals surface area (Å²) in [5.74, 6) is 0.555. The summed E-state index contributed by atoms with van der Waals surface area (Å²) in [5.41, 5.74) is 8.49. The first kappa shape index (κ1) is 9.69. The largest absolute Gasteiger partial charge is 0.377 e. The number of benzene rings is 1. The molecule has 0 bridgehead atoms. The first-order valence-corrected chi connectivity index (χ1v) is 5.09. The van der Waals surface area contributed by atoms with Crippen LogP contribution in [0.2, 0.25) is 0 Å². The van der Waals surface area contributed by atoms with Crippen LogP contribution in [0.3, 0.4) is 0 Å². The standard InChI is InChI=1S/C12H17NO/c1-9(2)10-4-3-5-11(6-10)12(13)7-14-8-12/h3-6,9H,7-8,13H2,1-2H3. The van der Waals surface area contributed by atoms with E-state index in [4.69, 9.17) is 10.5 Å². The molecule has 0 spiro atoms. The fraction of sp³-hybridized carbons (Fsp3) is 0.500. The van der Waals surface area contributed by atoms with Crippen molar-refractivity contribution in [1.82, 2.24) is 0 Å². The quantitative estimate of drug-likeness (QED) is 0.776. The minimum Gasteiger partial charge on any atom is -0.377 e. The van der Waals surface area contributed by atoms with Gasteiger partial charge in [0.25, 0.3) is 0 Å². The molecule has 2 N–H and O–H groups in total. The fourth-order valence-electron chi connectivity index (χ4n) is 1.70. The molecule has 0 saturated carbocycles. The van der Waals surface area contributed by atoms with Crippen LogP contribution >= 0.6 is 0 Å². The van der Waals surface area contributed by atoms with Crippen molar-refractivity contribution in [3.8, 4) is 0 Å². The van der Waals surface area contributed by atoms with E-state index in [1.807, 2.05) is 0 Å². The molecule has 1 aromatic carbocycles. The zero-order valence-corrected chi connectivity index (χ0v) is 8.79. The topological polar surface area (TPSA) is 35.2 Å². The van der Waals surface area contributed by atoms with Crippen LogP contribution in [0, 0.1) is 0 Å². The molecular formula is C12H17NO. The van der Waals surface area contributed by atoms with Gasteiger partial charge in [0.1, 0.15) is 0 Å². The van der Waals surface area contributed by atoms with Gasteiger partial charge in [-0.25, -0.2) is 0 Å². The van der Waals surface area contributed by atoms with Crippen LogP contribution in [-0.2, 0) is 10.3 Å². The lowest BCUT2D eigenvalue weighted by molar-refractivity contribution is -0.0569. The molecule has 0 radical (unpaired) electrons. The van der Waals surface area contributed by atoms with Crippen LogP contribution in [0.1, 0.15) is 30.9 Å². The Balaban J connectivity index is 2.30. The lowest BCUT2D eigenvalue weighted by Gasteiger charge is -2.38. The lowest BCUT2D eigenvalue weighted by Crippen LogP contribution is -2.54. The summed E-state index contributed by atoms with van der Waals surface area (Å²) in [6.45, 7) is 5.68. The zero-order valence-electron chi connectivity index (χ0n) is 8.79. The highest BCUT2D eigenvalue weighted by atomic mass is 16.5. The summed E-state index contributed by atoms with van der Waals surface area (Å²) < 4.78 is 5.17. The predicted molar refractivity (Wildman–Crippen MR) is 57.2 cm³/mol. The van der Waals surface area contributed by atoms with Gasteiger partial charge in [-0.2, -0.15) is 0 Å². The van der Waals surface area contributed by atoms with Crippen molar-refractivity contribution in [2.45, 2.75) is 25.3 Å². The molecule has 1 aliphatic rings. The molecule has 1 aromatic rings. The van der Waals surface area contributed by atoms with Crippen LogP contribution in [0.4, 0.5) is 0 Å². The van der Waals surface area contributed by atoms with E-state index in [0.29, 0.717) is 19.1 Å². The van der Waals surface area contributed by atoms with Gasteiger partial charge in [0, 0.05) is 0 Å².